The van der Waals surface area contributed by atoms with E-state index in [0.29, 0.717) is 6.54 Å². The summed E-state index contributed by atoms with van der Waals surface area (Å²) >= 11 is 0. The minimum Gasteiger partial charge on any atom is -0.465 e. The lowest BCUT2D eigenvalue weighted by Crippen LogP contribution is -2.45. The molecular weight excluding hydrogens is 262 g/mol. The van der Waals surface area contributed by atoms with Crippen LogP contribution in [0.1, 0.15) is 17.1 Å². The highest BCUT2D eigenvalue weighted by Gasteiger charge is 2.18. The number of para-hydroxylation sites is 1. The van der Waals surface area contributed by atoms with Gasteiger partial charge >= 0.3 is 0 Å². The zero-order valence-electron chi connectivity index (χ0n) is 12.6. The smallest absolute Gasteiger partial charge is 0.118 e. The van der Waals surface area contributed by atoms with Crippen LogP contribution >= 0.6 is 0 Å². The second kappa shape index (κ2) is 6.33. The molecule has 1 aliphatic heterocycles. The summed E-state index contributed by atoms with van der Waals surface area (Å²) in [4.78, 5) is 4.88. The van der Waals surface area contributed by atoms with Crippen LogP contribution in [0.4, 0.5) is 5.69 Å². The fourth-order valence-corrected chi connectivity index (χ4v) is 2.89. The first-order valence-corrected chi connectivity index (χ1v) is 7.57. The molecule has 1 aromatic carbocycles. The Morgan fingerprint density at radius 2 is 1.81 bits per heavy atom. The van der Waals surface area contributed by atoms with Crippen molar-refractivity contribution in [1.82, 2.24) is 4.90 Å². The van der Waals surface area contributed by atoms with Gasteiger partial charge in [-0.05, 0) is 25.1 Å². The Kier molecular flexibility index (Phi) is 4.27. The van der Waals surface area contributed by atoms with Gasteiger partial charge in [0.1, 0.15) is 11.5 Å². The largest absolute Gasteiger partial charge is 0.465 e. The second-order valence-electron chi connectivity index (χ2n) is 5.60. The van der Waals surface area contributed by atoms with Gasteiger partial charge < -0.3 is 15.1 Å². The summed E-state index contributed by atoms with van der Waals surface area (Å²) in [5.74, 6) is 1.98. The molecule has 0 atom stereocenters. The Bertz CT molecular complexity index is 571. The van der Waals surface area contributed by atoms with Crippen LogP contribution in [0, 0.1) is 6.92 Å². The number of piperazine rings is 1. The van der Waals surface area contributed by atoms with Crippen molar-refractivity contribution in [3.8, 4) is 0 Å². The topological polar surface area (TPSA) is 45.6 Å². The molecule has 0 amide bonds. The number of hydrogen-bond donors (Lipinski definition) is 1. The van der Waals surface area contributed by atoms with E-state index in [9.17, 15) is 0 Å². The van der Waals surface area contributed by atoms with Gasteiger partial charge in [-0.3, -0.25) is 4.90 Å². The first-order chi connectivity index (χ1) is 10.3. The number of furan rings is 1. The van der Waals surface area contributed by atoms with E-state index in [4.69, 9.17) is 10.2 Å². The minimum atomic E-state index is 0.553. The maximum Gasteiger partial charge on any atom is 0.118 e. The Labute approximate surface area is 126 Å². The Hall–Kier alpha value is -1.78. The van der Waals surface area contributed by atoms with Crippen molar-refractivity contribution in [2.45, 2.75) is 20.0 Å². The summed E-state index contributed by atoms with van der Waals surface area (Å²) in [5.41, 5.74) is 8.13. The SMILES string of the molecule is Cc1oc(CN2CCN(c3ccccc3)CC2)cc1CN. The lowest BCUT2D eigenvalue weighted by atomic mass is 10.2. The average Bonchev–Trinajstić information content (AvgIpc) is 2.88. The number of nitrogens with zero attached hydrogens (tertiary/aromatic N) is 2. The highest BCUT2D eigenvalue weighted by molar-refractivity contribution is 5.46. The number of anilines is 1. The minimum absolute atomic E-state index is 0.553. The van der Waals surface area contributed by atoms with Crippen LogP contribution in [0.2, 0.25) is 0 Å². The Balaban J connectivity index is 1.56. The monoisotopic (exact) mass is 285 g/mol. The zero-order chi connectivity index (χ0) is 14.7. The first kappa shape index (κ1) is 14.2. The standard InChI is InChI=1S/C17H23N3O/c1-14-15(12-18)11-17(21-14)13-19-7-9-20(10-8-19)16-5-3-2-4-6-16/h2-6,11H,7-10,12-13,18H2,1H3. The van der Waals surface area contributed by atoms with E-state index in [2.05, 4.69) is 46.2 Å². The van der Waals surface area contributed by atoms with Crippen LogP contribution < -0.4 is 10.6 Å². The van der Waals surface area contributed by atoms with Crippen LogP contribution in [0.15, 0.2) is 40.8 Å². The molecule has 3 rings (SSSR count). The molecule has 1 aromatic heterocycles. The summed E-state index contributed by atoms with van der Waals surface area (Å²) in [6, 6.07) is 12.7. The molecule has 1 aliphatic rings. The summed E-state index contributed by atoms with van der Waals surface area (Å²) in [6.07, 6.45) is 0. The molecular formula is C17H23N3O. The van der Waals surface area contributed by atoms with Crippen molar-refractivity contribution in [2.24, 2.45) is 5.73 Å². The predicted molar refractivity (Wildman–Crippen MR) is 85.3 cm³/mol. The molecule has 2 aromatic rings. The van der Waals surface area contributed by atoms with E-state index >= 15 is 0 Å². The van der Waals surface area contributed by atoms with E-state index in [1.807, 2.05) is 6.92 Å². The van der Waals surface area contributed by atoms with Crippen molar-refractivity contribution in [1.29, 1.82) is 0 Å². The number of rotatable bonds is 4. The van der Waals surface area contributed by atoms with Crippen molar-refractivity contribution in [2.75, 3.05) is 31.1 Å². The van der Waals surface area contributed by atoms with Crippen molar-refractivity contribution in [3.63, 3.8) is 0 Å². The Morgan fingerprint density at radius 3 is 2.43 bits per heavy atom. The van der Waals surface area contributed by atoms with Gasteiger partial charge in [-0.15, -0.1) is 0 Å². The lowest BCUT2D eigenvalue weighted by molar-refractivity contribution is 0.229. The van der Waals surface area contributed by atoms with Gasteiger partial charge in [0.05, 0.1) is 6.54 Å². The zero-order valence-corrected chi connectivity index (χ0v) is 12.6. The average molecular weight is 285 g/mol. The molecule has 0 radical (unpaired) electrons. The lowest BCUT2D eigenvalue weighted by Gasteiger charge is -2.35. The summed E-state index contributed by atoms with van der Waals surface area (Å²) in [5, 5.41) is 0. The van der Waals surface area contributed by atoms with Gasteiger partial charge in [0, 0.05) is 44.0 Å². The molecule has 112 valence electrons. The van der Waals surface area contributed by atoms with Crippen LogP contribution in [-0.4, -0.2) is 31.1 Å². The van der Waals surface area contributed by atoms with E-state index < -0.39 is 0 Å². The summed E-state index contributed by atoms with van der Waals surface area (Å²) in [6.45, 7) is 7.67. The molecule has 0 unspecified atom stereocenters. The molecule has 4 heteroatoms. The molecule has 4 nitrogen and oxygen atoms in total. The van der Waals surface area contributed by atoms with Gasteiger partial charge in [0.15, 0.2) is 0 Å². The van der Waals surface area contributed by atoms with Crippen molar-refractivity contribution < 1.29 is 4.42 Å². The highest BCUT2D eigenvalue weighted by atomic mass is 16.3. The van der Waals surface area contributed by atoms with Crippen molar-refractivity contribution in [3.05, 3.63) is 53.5 Å². The van der Waals surface area contributed by atoms with Crippen LogP contribution in [-0.2, 0) is 13.1 Å². The molecule has 2 N–H and O–H groups in total. The Morgan fingerprint density at radius 1 is 1.10 bits per heavy atom. The van der Waals surface area contributed by atoms with Gasteiger partial charge in [0.25, 0.3) is 0 Å². The second-order valence-corrected chi connectivity index (χ2v) is 5.60. The number of aryl methyl sites for hydroxylation is 1. The number of hydrogen-bond acceptors (Lipinski definition) is 4. The summed E-state index contributed by atoms with van der Waals surface area (Å²) < 4.78 is 5.78. The molecule has 21 heavy (non-hydrogen) atoms. The van der Waals surface area contributed by atoms with Gasteiger partial charge in [-0.1, -0.05) is 18.2 Å². The van der Waals surface area contributed by atoms with Gasteiger partial charge in [-0.2, -0.15) is 0 Å². The molecule has 1 saturated heterocycles. The third-order valence-corrected chi connectivity index (χ3v) is 4.16. The van der Waals surface area contributed by atoms with Gasteiger partial charge in [0.2, 0.25) is 0 Å². The maximum absolute atomic E-state index is 5.78. The molecule has 2 heterocycles. The van der Waals surface area contributed by atoms with Crippen LogP contribution in [0.5, 0.6) is 0 Å². The van der Waals surface area contributed by atoms with Crippen molar-refractivity contribution >= 4 is 5.69 Å². The summed E-state index contributed by atoms with van der Waals surface area (Å²) in [7, 11) is 0. The maximum atomic E-state index is 5.78. The quantitative estimate of drug-likeness (QED) is 0.937. The van der Waals surface area contributed by atoms with E-state index in [0.717, 1.165) is 49.8 Å². The third-order valence-electron chi connectivity index (χ3n) is 4.16. The normalized spacial score (nSPS) is 16.4. The number of benzene rings is 1. The van der Waals surface area contributed by atoms with E-state index in [-0.39, 0.29) is 0 Å². The third kappa shape index (κ3) is 3.28. The molecule has 0 spiro atoms. The fourth-order valence-electron chi connectivity index (χ4n) is 2.89. The van der Waals surface area contributed by atoms with Crippen LogP contribution in [0.25, 0.3) is 0 Å². The van der Waals surface area contributed by atoms with E-state index in [1.165, 1.54) is 5.69 Å². The van der Waals surface area contributed by atoms with Crippen LogP contribution in [0.3, 0.4) is 0 Å². The first-order valence-electron chi connectivity index (χ1n) is 7.57. The molecule has 1 fully saturated rings. The molecule has 0 saturated carbocycles. The molecule has 0 aliphatic carbocycles. The highest BCUT2D eigenvalue weighted by Crippen LogP contribution is 2.19. The van der Waals surface area contributed by atoms with E-state index in [1.54, 1.807) is 0 Å². The number of nitrogens with two attached hydrogens (primary N) is 1. The molecule has 0 bridgehead atoms. The van der Waals surface area contributed by atoms with Gasteiger partial charge in [-0.25, -0.2) is 0 Å². The fraction of sp³-hybridized carbons (Fsp3) is 0.412. The predicted octanol–water partition coefficient (Wildman–Crippen LogP) is 2.37.